The molecule has 6 nitrogen and oxygen atoms in total. The van der Waals surface area contributed by atoms with Crippen LogP contribution in [0.2, 0.25) is 5.02 Å². The van der Waals surface area contributed by atoms with Gasteiger partial charge in [-0.3, -0.25) is 4.79 Å². The first-order chi connectivity index (χ1) is 12.7. The molecule has 0 saturated carbocycles. The topological polar surface area (TPSA) is 81.7 Å². The molecule has 3 atom stereocenters. The van der Waals surface area contributed by atoms with E-state index < -0.39 is 32.6 Å². The molecule has 2 aliphatic rings. The van der Waals surface area contributed by atoms with Crippen LogP contribution in [0.4, 0.5) is 0 Å². The van der Waals surface area contributed by atoms with Crippen molar-refractivity contribution >= 4 is 27.3 Å². The molecule has 2 aromatic rings. The van der Waals surface area contributed by atoms with Crippen LogP contribution >= 0.6 is 11.6 Å². The summed E-state index contributed by atoms with van der Waals surface area (Å²) < 4.78 is 37.7. The molecule has 4 rings (SSSR count). The van der Waals surface area contributed by atoms with Crippen molar-refractivity contribution in [3.05, 3.63) is 53.1 Å². The van der Waals surface area contributed by atoms with E-state index in [2.05, 4.69) is 5.32 Å². The maximum atomic E-state index is 13.3. The predicted molar refractivity (Wildman–Crippen MR) is 100.0 cm³/mol. The minimum atomic E-state index is -3.92. The van der Waals surface area contributed by atoms with Gasteiger partial charge in [0.25, 0.3) is 0 Å². The Morgan fingerprint density at radius 1 is 1.22 bits per heavy atom. The second-order valence-corrected chi connectivity index (χ2v) is 9.46. The quantitative estimate of drug-likeness (QED) is 0.846. The van der Waals surface area contributed by atoms with Crippen molar-refractivity contribution in [1.29, 1.82) is 0 Å². The minimum Gasteiger partial charge on any atom is -0.497 e. The van der Waals surface area contributed by atoms with Gasteiger partial charge < -0.3 is 14.8 Å². The Hall–Kier alpha value is -2.25. The zero-order valence-electron chi connectivity index (χ0n) is 14.7. The van der Waals surface area contributed by atoms with Crippen LogP contribution in [0, 0.1) is 0 Å². The summed E-state index contributed by atoms with van der Waals surface area (Å²) in [6.45, 7) is 1.74. The summed E-state index contributed by atoms with van der Waals surface area (Å²) in [6.07, 6.45) is 0.357. The summed E-state index contributed by atoms with van der Waals surface area (Å²) in [7, 11) is -2.38. The van der Waals surface area contributed by atoms with E-state index in [4.69, 9.17) is 21.1 Å². The summed E-state index contributed by atoms with van der Waals surface area (Å²) in [5, 5.41) is 1.91. The van der Waals surface area contributed by atoms with E-state index in [9.17, 15) is 13.2 Å². The number of fused-ring (bicyclic) bond motifs is 4. The zero-order valence-corrected chi connectivity index (χ0v) is 16.3. The van der Waals surface area contributed by atoms with Crippen LogP contribution in [0.15, 0.2) is 47.4 Å². The van der Waals surface area contributed by atoms with Crippen molar-refractivity contribution < 1.29 is 22.7 Å². The lowest BCUT2D eigenvalue weighted by Gasteiger charge is -2.46. The zero-order chi connectivity index (χ0) is 19.4. The van der Waals surface area contributed by atoms with E-state index in [0.29, 0.717) is 28.5 Å². The van der Waals surface area contributed by atoms with Gasteiger partial charge in [-0.25, -0.2) is 8.42 Å². The molecule has 2 bridgehead atoms. The number of amides is 1. The van der Waals surface area contributed by atoms with Crippen LogP contribution in [0.25, 0.3) is 0 Å². The largest absolute Gasteiger partial charge is 0.497 e. The maximum Gasteiger partial charge on any atom is 0.242 e. The summed E-state index contributed by atoms with van der Waals surface area (Å²) in [5.41, 5.74) is -0.279. The van der Waals surface area contributed by atoms with Gasteiger partial charge in [0.15, 0.2) is 20.8 Å². The number of rotatable bonds is 3. The summed E-state index contributed by atoms with van der Waals surface area (Å²) in [4.78, 5) is 12.9. The van der Waals surface area contributed by atoms with Crippen LogP contribution < -0.4 is 14.8 Å². The molecule has 1 amide bonds. The van der Waals surface area contributed by atoms with Crippen molar-refractivity contribution in [3.8, 4) is 11.5 Å². The van der Waals surface area contributed by atoms with Crippen molar-refractivity contribution in [2.75, 3.05) is 7.11 Å². The third-order valence-electron chi connectivity index (χ3n) is 5.05. The molecule has 1 saturated heterocycles. The number of benzene rings is 2. The lowest BCUT2D eigenvalue weighted by atomic mass is 9.81. The van der Waals surface area contributed by atoms with Gasteiger partial charge in [-0.05, 0) is 42.8 Å². The summed E-state index contributed by atoms with van der Waals surface area (Å²) in [6, 6.07) is 11.1. The van der Waals surface area contributed by atoms with Crippen LogP contribution in [-0.4, -0.2) is 32.4 Å². The Kier molecular flexibility index (Phi) is 4.12. The molecule has 2 aliphatic heterocycles. The average Bonchev–Trinajstić information content (AvgIpc) is 2.60. The molecule has 1 N–H and O–H groups in total. The first kappa shape index (κ1) is 18.1. The van der Waals surface area contributed by atoms with Gasteiger partial charge in [-0.2, -0.15) is 0 Å². The molecule has 2 heterocycles. The monoisotopic (exact) mass is 407 g/mol. The van der Waals surface area contributed by atoms with E-state index in [-0.39, 0.29) is 4.90 Å². The number of nitrogens with one attached hydrogen (secondary N) is 1. The molecule has 27 heavy (non-hydrogen) atoms. The molecule has 3 unspecified atom stereocenters. The Morgan fingerprint density at radius 3 is 2.59 bits per heavy atom. The van der Waals surface area contributed by atoms with Gasteiger partial charge in [-0.1, -0.05) is 17.7 Å². The minimum absolute atomic E-state index is 0.0669. The smallest absolute Gasteiger partial charge is 0.242 e. The highest BCUT2D eigenvalue weighted by molar-refractivity contribution is 7.92. The molecule has 2 aromatic carbocycles. The number of carbonyl (C=O) groups excluding carboxylic acids is 1. The number of hydrogen-bond acceptors (Lipinski definition) is 5. The van der Waals surface area contributed by atoms with Crippen LogP contribution in [-0.2, 0) is 14.6 Å². The number of piperidine rings is 1. The SMILES string of the molecule is COc1ccc2c(c1)OC1(C)CC2C(S(=O)(=O)c2ccc(Cl)cc2)C(=O)N1. The fraction of sp³-hybridized carbons (Fsp3) is 0.316. The Morgan fingerprint density at radius 2 is 1.93 bits per heavy atom. The van der Waals surface area contributed by atoms with Gasteiger partial charge in [0.2, 0.25) is 5.91 Å². The van der Waals surface area contributed by atoms with Gasteiger partial charge in [0, 0.05) is 23.4 Å². The molecule has 0 radical (unpaired) electrons. The number of halogens is 1. The highest BCUT2D eigenvalue weighted by Crippen LogP contribution is 2.48. The molecule has 0 spiro atoms. The van der Waals surface area contributed by atoms with Gasteiger partial charge in [0.05, 0.1) is 12.0 Å². The lowest BCUT2D eigenvalue weighted by molar-refractivity contribution is -0.132. The molecule has 1 fully saturated rings. The summed E-state index contributed by atoms with van der Waals surface area (Å²) in [5.74, 6) is 0.0226. The second-order valence-electron chi connectivity index (χ2n) is 6.96. The van der Waals surface area contributed by atoms with Gasteiger partial charge in [0.1, 0.15) is 11.5 Å². The fourth-order valence-corrected chi connectivity index (χ4v) is 5.79. The third kappa shape index (κ3) is 2.95. The van der Waals surface area contributed by atoms with E-state index in [0.717, 1.165) is 0 Å². The highest BCUT2D eigenvalue weighted by Gasteiger charge is 2.54. The number of hydrogen-bond donors (Lipinski definition) is 1. The van der Waals surface area contributed by atoms with E-state index >= 15 is 0 Å². The van der Waals surface area contributed by atoms with E-state index in [1.165, 1.54) is 24.3 Å². The number of sulfone groups is 1. The average molecular weight is 408 g/mol. The number of methoxy groups -OCH3 is 1. The van der Waals surface area contributed by atoms with Crippen molar-refractivity contribution in [1.82, 2.24) is 5.32 Å². The molecular formula is C19H18ClNO5S. The van der Waals surface area contributed by atoms with Crippen molar-refractivity contribution in [3.63, 3.8) is 0 Å². The maximum absolute atomic E-state index is 13.3. The normalized spacial score (nSPS) is 26.6. The Labute approximate surface area is 162 Å². The Balaban J connectivity index is 1.84. The number of ether oxygens (including phenoxy) is 2. The van der Waals surface area contributed by atoms with Crippen LogP contribution in [0.1, 0.15) is 24.8 Å². The second kappa shape index (κ2) is 6.14. The molecule has 8 heteroatoms. The number of carbonyl (C=O) groups is 1. The molecule has 142 valence electrons. The molecule has 0 aromatic heterocycles. The van der Waals surface area contributed by atoms with Crippen LogP contribution in [0.5, 0.6) is 11.5 Å². The predicted octanol–water partition coefficient (Wildman–Crippen LogP) is 2.90. The van der Waals surface area contributed by atoms with E-state index in [1.54, 1.807) is 32.2 Å². The lowest BCUT2D eigenvalue weighted by Crippen LogP contribution is -2.63. The first-order valence-electron chi connectivity index (χ1n) is 8.42. The molecule has 0 aliphatic carbocycles. The highest BCUT2D eigenvalue weighted by atomic mass is 35.5. The first-order valence-corrected chi connectivity index (χ1v) is 10.3. The molecular weight excluding hydrogens is 390 g/mol. The van der Waals surface area contributed by atoms with Crippen molar-refractivity contribution in [2.45, 2.75) is 35.1 Å². The van der Waals surface area contributed by atoms with E-state index in [1.807, 2.05) is 0 Å². The van der Waals surface area contributed by atoms with Gasteiger partial charge >= 0.3 is 0 Å². The standard InChI is InChI=1S/C19H18ClNO5S/c1-19-10-15(14-8-5-12(25-2)9-16(14)26-19)17(18(22)21-19)27(23,24)13-6-3-11(20)4-7-13/h3-9,15,17H,10H2,1-2H3,(H,21,22). The van der Waals surface area contributed by atoms with Crippen LogP contribution in [0.3, 0.4) is 0 Å². The Bertz CT molecular complexity index is 1020. The van der Waals surface area contributed by atoms with Gasteiger partial charge in [-0.15, -0.1) is 0 Å². The third-order valence-corrected chi connectivity index (χ3v) is 7.45. The van der Waals surface area contributed by atoms with Crippen molar-refractivity contribution in [2.24, 2.45) is 0 Å². The summed E-state index contributed by atoms with van der Waals surface area (Å²) >= 11 is 5.87. The fourth-order valence-electron chi connectivity index (χ4n) is 3.84.